The normalized spacial score (nSPS) is 11.9. The minimum Gasteiger partial charge on any atom is -0.368 e. The summed E-state index contributed by atoms with van der Waals surface area (Å²) in [6, 6.07) is 6.60. The summed E-state index contributed by atoms with van der Waals surface area (Å²) in [6.45, 7) is -0.873. The number of nitrogens with zero attached hydrogens (tertiary/aromatic N) is 1. The van der Waals surface area contributed by atoms with Crippen LogP contribution in [0.1, 0.15) is 5.56 Å². The molecule has 1 rings (SSSR count). The molecule has 0 bridgehead atoms. The Labute approximate surface area is 97.0 Å². The standard InChI is InChI=1S/C11H14F4N2/c1-17(7-11(14,15)10(12)13)9-5-3-2-4-8(9)6-16/h2-5,10H,6-7,16H2,1H3. The molecule has 0 aliphatic rings. The molecule has 96 valence electrons. The van der Waals surface area contributed by atoms with Crippen LogP contribution in [0.15, 0.2) is 24.3 Å². The molecule has 2 nitrogen and oxygen atoms in total. The predicted molar refractivity (Wildman–Crippen MR) is 58.6 cm³/mol. The second-order valence-electron chi connectivity index (χ2n) is 3.75. The molecular weight excluding hydrogens is 236 g/mol. The summed E-state index contributed by atoms with van der Waals surface area (Å²) in [6.07, 6.45) is -3.67. The highest BCUT2D eigenvalue weighted by Gasteiger charge is 2.41. The van der Waals surface area contributed by atoms with Gasteiger partial charge in [-0.3, -0.25) is 0 Å². The quantitative estimate of drug-likeness (QED) is 0.813. The highest BCUT2D eigenvalue weighted by molar-refractivity contribution is 5.53. The number of anilines is 1. The molecular formula is C11H14F4N2. The first-order valence-corrected chi connectivity index (χ1v) is 5.03. The maximum absolute atomic E-state index is 12.9. The summed E-state index contributed by atoms with van der Waals surface area (Å²) in [4.78, 5) is 1.09. The minimum atomic E-state index is -4.03. The SMILES string of the molecule is CN(CC(F)(F)C(F)F)c1ccccc1CN. The second-order valence-corrected chi connectivity index (χ2v) is 3.75. The Morgan fingerprint density at radius 3 is 2.41 bits per heavy atom. The van der Waals surface area contributed by atoms with Crippen LogP contribution in [-0.4, -0.2) is 25.9 Å². The molecule has 6 heteroatoms. The zero-order valence-corrected chi connectivity index (χ0v) is 9.34. The Balaban J connectivity index is 2.86. The molecule has 0 aromatic heterocycles. The van der Waals surface area contributed by atoms with E-state index >= 15 is 0 Å². The fourth-order valence-corrected chi connectivity index (χ4v) is 1.53. The second kappa shape index (κ2) is 5.35. The molecule has 0 heterocycles. The highest BCUT2D eigenvalue weighted by Crippen LogP contribution is 2.27. The van der Waals surface area contributed by atoms with Crippen molar-refractivity contribution in [1.82, 2.24) is 0 Å². The first-order valence-electron chi connectivity index (χ1n) is 5.03. The van der Waals surface area contributed by atoms with Crippen LogP contribution in [0.4, 0.5) is 23.2 Å². The lowest BCUT2D eigenvalue weighted by Crippen LogP contribution is -2.40. The third-order valence-electron chi connectivity index (χ3n) is 2.39. The molecule has 0 aliphatic heterocycles. The van der Waals surface area contributed by atoms with Gasteiger partial charge >= 0.3 is 12.3 Å². The number of rotatable bonds is 5. The van der Waals surface area contributed by atoms with Crippen LogP contribution < -0.4 is 10.6 Å². The summed E-state index contributed by atoms with van der Waals surface area (Å²) >= 11 is 0. The van der Waals surface area contributed by atoms with Gasteiger partial charge in [-0.1, -0.05) is 18.2 Å². The van der Waals surface area contributed by atoms with Crippen molar-refractivity contribution in [2.24, 2.45) is 5.73 Å². The van der Waals surface area contributed by atoms with Crippen LogP contribution in [0.3, 0.4) is 0 Å². The van der Waals surface area contributed by atoms with Crippen LogP contribution in [0, 0.1) is 0 Å². The molecule has 0 aliphatic carbocycles. The maximum Gasteiger partial charge on any atom is 0.324 e. The van der Waals surface area contributed by atoms with Crippen LogP contribution >= 0.6 is 0 Å². The summed E-state index contributed by atoms with van der Waals surface area (Å²) in [5, 5.41) is 0. The highest BCUT2D eigenvalue weighted by atomic mass is 19.3. The molecule has 0 saturated carbocycles. The maximum atomic E-state index is 12.9. The minimum absolute atomic E-state index is 0.167. The van der Waals surface area contributed by atoms with Crippen molar-refractivity contribution in [2.75, 3.05) is 18.5 Å². The Hall–Kier alpha value is -1.30. The molecule has 0 saturated heterocycles. The Kier molecular flexibility index (Phi) is 4.34. The van der Waals surface area contributed by atoms with Gasteiger partial charge in [0.2, 0.25) is 0 Å². The van der Waals surface area contributed by atoms with E-state index in [-0.39, 0.29) is 6.54 Å². The molecule has 2 N–H and O–H groups in total. The van der Waals surface area contributed by atoms with Gasteiger partial charge < -0.3 is 10.6 Å². The molecule has 17 heavy (non-hydrogen) atoms. The largest absolute Gasteiger partial charge is 0.368 e. The molecule has 0 radical (unpaired) electrons. The van der Waals surface area contributed by atoms with Gasteiger partial charge in [-0.2, -0.15) is 8.78 Å². The Bertz CT molecular complexity index is 368. The predicted octanol–water partition coefficient (Wildman–Crippen LogP) is 2.48. The van der Waals surface area contributed by atoms with Gasteiger partial charge in [-0.15, -0.1) is 0 Å². The van der Waals surface area contributed by atoms with Gasteiger partial charge in [0.25, 0.3) is 0 Å². The average molecular weight is 250 g/mol. The number of halogens is 4. The molecule has 0 amide bonds. The smallest absolute Gasteiger partial charge is 0.324 e. The van der Waals surface area contributed by atoms with Crippen LogP contribution in [-0.2, 0) is 6.54 Å². The summed E-state index contributed by atoms with van der Waals surface area (Å²) in [7, 11) is 1.34. The van der Waals surface area contributed by atoms with E-state index < -0.39 is 18.9 Å². The van der Waals surface area contributed by atoms with Crippen molar-refractivity contribution >= 4 is 5.69 Å². The third-order valence-corrected chi connectivity index (χ3v) is 2.39. The van der Waals surface area contributed by atoms with Crippen LogP contribution in [0.25, 0.3) is 0 Å². The van der Waals surface area contributed by atoms with Crippen LogP contribution in [0.5, 0.6) is 0 Å². The lowest BCUT2D eigenvalue weighted by molar-refractivity contribution is -0.120. The van der Waals surface area contributed by atoms with Gasteiger partial charge in [0.1, 0.15) is 0 Å². The van der Waals surface area contributed by atoms with Crippen molar-refractivity contribution in [3.8, 4) is 0 Å². The van der Waals surface area contributed by atoms with Crippen molar-refractivity contribution in [2.45, 2.75) is 18.9 Å². The van der Waals surface area contributed by atoms with Gasteiger partial charge in [-0.05, 0) is 11.6 Å². The fourth-order valence-electron chi connectivity index (χ4n) is 1.53. The average Bonchev–Trinajstić information content (AvgIpc) is 2.28. The molecule has 0 unspecified atom stereocenters. The third kappa shape index (κ3) is 3.33. The molecule has 1 aromatic carbocycles. The van der Waals surface area contributed by atoms with E-state index in [1.165, 1.54) is 7.05 Å². The number of hydrogen-bond acceptors (Lipinski definition) is 2. The lowest BCUT2D eigenvalue weighted by Gasteiger charge is -2.26. The van der Waals surface area contributed by atoms with Gasteiger partial charge in [0.05, 0.1) is 6.54 Å². The summed E-state index contributed by atoms with van der Waals surface area (Å²) < 4.78 is 49.9. The number of hydrogen-bond donors (Lipinski definition) is 1. The summed E-state index contributed by atoms with van der Waals surface area (Å²) in [5.41, 5.74) is 6.53. The van der Waals surface area contributed by atoms with E-state index in [1.54, 1.807) is 24.3 Å². The first kappa shape index (κ1) is 13.8. The Morgan fingerprint density at radius 1 is 1.29 bits per heavy atom. The van der Waals surface area contributed by atoms with E-state index in [0.29, 0.717) is 11.3 Å². The number of benzene rings is 1. The monoisotopic (exact) mass is 250 g/mol. The van der Waals surface area contributed by atoms with Crippen molar-refractivity contribution in [3.63, 3.8) is 0 Å². The van der Waals surface area contributed by atoms with Crippen molar-refractivity contribution in [3.05, 3.63) is 29.8 Å². The van der Waals surface area contributed by atoms with E-state index in [0.717, 1.165) is 4.90 Å². The van der Waals surface area contributed by atoms with Crippen molar-refractivity contribution in [1.29, 1.82) is 0 Å². The number of alkyl halides is 4. The van der Waals surface area contributed by atoms with E-state index in [1.807, 2.05) is 0 Å². The topological polar surface area (TPSA) is 29.3 Å². The van der Waals surface area contributed by atoms with Crippen LogP contribution in [0.2, 0.25) is 0 Å². The van der Waals surface area contributed by atoms with E-state index in [9.17, 15) is 17.6 Å². The number of nitrogens with two attached hydrogens (primary N) is 1. The Morgan fingerprint density at radius 2 is 1.88 bits per heavy atom. The van der Waals surface area contributed by atoms with E-state index in [2.05, 4.69) is 0 Å². The van der Waals surface area contributed by atoms with E-state index in [4.69, 9.17) is 5.73 Å². The molecule has 1 aromatic rings. The lowest BCUT2D eigenvalue weighted by atomic mass is 10.1. The van der Waals surface area contributed by atoms with Gasteiger partial charge in [0.15, 0.2) is 0 Å². The summed E-state index contributed by atoms with van der Waals surface area (Å²) in [5.74, 6) is -4.03. The molecule has 0 atom stereocenters. The first-order chi connectivity index (χ1) is 7.88. The van der Waals surface area contributed by atoms with Gasteiger partial charge in [-0.25, -0.2) is 8.78 Å². The number of para-hydroxylation sites is 1. The molecule has 0 spiro atoms. The zero-order chi connectivity index (χ0) is 13.1. The van der Waals surface area contributed by atoms with Gasteiger partial charge in [0, 0.05) is 19.3 Å². The van der Waals surface area contributed by atoms with Crippen molar-refractivity contribution < 1.29 is 17.6 Å². The fraction of sp³-hybridized carbons (Fsp3) is 0.455. The molecule has 0 fully saturated rings. The zero-order valence-electron chi connectivity index (χ0n) is 9.34.